The molecule has 1 atom stereocenters. The van der Waals surface area contributed by atoms with Gasteiger partial charge in [0.15, 0.2) is 0 Å². The average Bonchev–Trinajstić information content (AvgIpc) is 2.42. The Kier molecular flexibility index (Phi) is 9.65. The zero-order valence-corrected chi connectivity index (χ0v) is 12.9. The second kappa shape index (κ2) is 10.8. The molecule has 1 aliphatic heterocycles. The molecule has 0 saturated carbocycles. The molecule has 0 amide bonds. The van der Waals surface area contributed by atoms with E-state index in [4.69, 9.17) is 0 Å². The van der Waals surface area contributed by atoms with Gasteiger partial charge in [-0.3, -0.25) is 0 Å². The normalized spacial score (nSPS) is 21.3. The molecule has 0 aromatic rings. The van der Waals surface area contributed by atoms with Crippen LogP contribution in [0.25, 0.3) is 0 Å². The molecule has 1 rings (SSSR count). The Bertz CT molecular complexity index is 178. The van der Waals surface area contributed by atoms with Gasteiger partial charge >= 0.3 is 0 Å². The first-order valence-electron chi connectivity index (χ1n) is 8.62. The summed E-state index contributed by atoms with van der Waals surface area (Å²) in [5, 5.41) is 0. The maximum Gasteiger partial charge on any atom is 0.00926 e. The number of nitrogens with zero attached hydrogens (tertiary/aromatic N) is 1. The fourth-order valence-electron chi connectivity index (χ4n) is 3.27. The summed E-state index contributed by atoms with van der Waals surface area (Å²) in [6.45, 7) is 7.39. The van der Waals surface area contributed by atoms with Crippen LogP contribution in [0, 0.1) is 0 Å². The van der Waals surface area contributed by atoms with Gasteiger partial charge in [-0.15, -0.1) is 0 Å². The number of likely N-dealkylation sites (tertiary alicyclic amines) is 1. The molecular formula is C17H35N. The summed E-state index contributed by atoms with van der Waals surface area (Å²) in [7, 11) is 0. The first kappa shape index (κ1) is 16.0. The number of piperidine rings is 1. The summed E-state index contributed by atoms with van der Waals surface area (Å²) in [6, 6.07) is 0.906. The van der Waals surface area contributed by atoms with E-state index in [-0.39, 0.29) is 0 Å². The molecule has 0 spiro atoms. The largest absolute Gasteiger partial charge is 0.300 e. The lowest BCUT2D eigenvalue weighted by molar-refractivity contribution is 0.141. The third-order valence-electron chi connectivity index (χ3n) is 4.52. The molecule has 0 aromatic heterocycles. The van der Waals surface area contributed by atoms with Crippen LogP contribution < -0.4 is 0 Å². The average molecular weight is 253 g/mol. The summed E-state index contributed by atoms with van der Waals surface area (Å²) < 4.78 is 0. The van der Waals surface area contributed by atoms with Crippen molar-refractivity contribution in [1.29, 1.82) is 0 Å². The first-order chi connectivity index (χ1) is 8.88. The summed E-state index contributed by atoms with van der Waals surface area (Å²) in [6.07, 6.45) is 17.3. The monoisotopic (exact) mass is 253 g/mol. The molecule has 1 fully saturated rings. The standard InChI is InChI=1S/C17H35N/c1-3-5-6-7-8-9-10-12-15-18-16-13-11-14-17(18)4-2/h17H,3-16H2,1-2H3. The van der Waals surface area contributed by atoms with Gasteiger partial charge in [-0.2, -0.15) is 0 Å². The van der Waals surface area contributed by atoms with Crippen molar-refractivity contribution in [3.8, 4) is 0 Å². The Morgan fingerprint density at radius 1 is 0.833 bits per heavy atom. The molecule has 1 aliphatic rings. The highest BCUT2D eigenvalue weighted by Gasteiger charge is 2.19. The highest BCUT2D eigenvalue weighted by atomic mass is 15.2. The van der Waals surface area contributed by atoms with Gasteiger partial charge in [0, 0.05) is 6.04 Å². The minimum Gasteiger partial charge on any atom is -0.300 e. The molecular weight excluding hydrogens is 218 g/mol. The van der Waals surface area contributed by atoms with Crippen molar-refractivity contribution in [2.24, 2.45) is 0 Å². The number of hydrogen-bond donors (Lipinski definition) is 0. The summed E-state index contributed by atoms with van der Waals surface area (Å²) in [5.74, 6) is 0. The third-order valence-corrected chi connectivity index (χ3v) is 4.52. The van der Waals surface area contributed by atoms with E-state index in [1.807, 2.05) is 0 Å². The fourth-order valence-corrected chi connectivity index (χ4v) is 3.27. The van der Waals surface area contributed by atoms with Crippen molar-refractivity contribution >= 4 is 0 Å². The smallest absolute Gasteiger partial charge is 0.00926 e. The van der Waals surface area contributed by atoms with Gasteiger partial charge in [-0.05, 0) is 38.8 Å². The van der Waals surface area contributed by atoms with Gasteiger partial charge in [0.1, 0.15) is 0 Å². The van der Waals surface area contributed by atoms with Gasteiger partial charge in [0.2, 0.25) is 0 Å². The molecule has 0 aromatic carbocycles. The maximum absolute atomic E-state index is 2.76. The van der Waals surface area contributed by atoms with Crippen molar-refractivity contribution in [3.05, 3.63) is 0 Å². The minimum atomic E-state index is 0.906. The molecule has 0 aliphatic carbocycles. The number of rotatable bonds is 10. The molecule has 1 heteroatoms. The molecule has 1 nitrogen and oxygen atoms in total. The van der Waals surface area contributed by atoms with E-state index in [1.165, 1.54) is 90.1 Å². The zero-order chi connectivity index (χ0) is 13.1. The first-order valence-corrected chi connectivity index (χ1v) is 8.62. The van der Waals surface area contributed by atoms with Crippen molar-refractivity contribution in [3.63, 3.8) is 0 Å². The Balaban J connectivity index is 1.93. The van der Waals surface area contributed by atoms with Gasteiger partial charge < -0.3 is 4.90 Å². The number of unbranched alkanes of at least 4 members (excludes halogenated alkanes) is 7. The molecule has 0 bridgehead atoms. The van der Waals surface area contributed by atoms with Crippen LogP contribution in [0.1, 0.15) is 90.9 Å². The molecule has 18 heavy (non-hydrogen) atoms. The van der Waals surface area contributed by atoms with Crippen LogP contribution in [0.2, 0.25) is 0 Å². The van der Waals surface area contributed by atoms with Crippen molar-refractivity contribution in [1.82, 2.24) is 4.90 Å². The predicted octanol–water partition coefficient (Wildman–Crippen LogP) is 5.39. The molecule has 1 heterocycles. The van der Waals surface area contributed by atoms with Gasteiger partial charge in [-0.1, -0.05) is 65.2 Å². The van der Waals surface area contributed by atoms with Gasteiger partial charge in [0.05, 0.1) is 0 Å². The Morgan fingerprint density at radius 3 is 2.17 bits per heavy atom. The van der Waals surface area contributed by atoms with Crippen LogP contribution in [0.3, 0.4) is 0 Å². The Labute approximate surface area is 115 Å². The fraction of sp³-hybridized carbons (Fsp3) is 1.00. The molecule has 108 valence electrons. The van der Waals surface area contributed by atoms with Crippen molar-refractivity contribution < 1.29 is 0 Å². The van der Waals surface area contributed by atoms with Crippen molar-refractivity contribution in [2.45, 2.75) is 96.9 Å². The summed E-state index contributed by atoms with van der Waals surface area (Å²) >= 11 is 0. The summed E-state index contributed by atoms with van der Waals surface area (Å²) in [4.78, 5) is 2.76. The molecule has 1 unspecified atom stereocenters. The highest BCUT2D eigenvalue weighted by molar-refractivity contribution is 4.75. The van der Waals surface area contributed by atoms with Gasteiger partial charge in [0.25, 0.3) is 0 Å². The highest BCUT2D eigenvalue weighted by Crippen LogP contribution is 2.20. The van der Waals surface area contributed by atoms with E-state index in [1.54, 1.807) is 0 Å². The lowest BCUT2D eigenvalue weighted by Gasteiger charge is -2.35. The van der Waals surface area contributed by atoms with Crippen LogP contribution >= 0.6 is 0 Å². The lowest BCUT2D eigenvalue weighted by atomic mass is 9.99. The SMILES string of the molecule is CCCCCCCCCCN1CCCCC1CC. The van der Waals surface area contributed by atoms with Crippen LogP contribution in [-0.4, -0.2) is 24.0 Å². The van der Waals surface area contributed by atoms with E-state index >= 15 is 0 Å². The molecule has 1 saturated heterocycles. The molecule has 0 radical (unpaired) electrons. The van der Waals surface area contributed by atoms with Crippen LogP contribution in [0.15, 0.2) is 0 Å². The molecule has 0 N–H and O–H groups in total. The summed E-state index contributed by atoms with van der Waals surface area (Å²) in [5.41, 5.74) is 0. The topological polar surface area (TPSA) is 3.24 Å². The quantitative estimate of drug-likeness (QED) is 0.472. The van der Waals surface area contributed by atoms with Crippen LogP contribution in [0.5, 0.6) is 0 Å². The lowest BCUT2D eigenvalue weighted by Crippen LogP contribution is -2.39. The van der Waals surface area contributed by atoms with E-state index in [0.29, 0.717) is 0 Å². The number of hydrogen-bond acceptors (Lipinski definition) is 1. The third kappa shape index (κ3) is 6.78. The second-order valence-electron chi connectivity index (χ2n) is 6.07. The second-order valence-corrected chi connectivity index (χ2v) is 6.07. The van der Waals surface area contributed by atoms with Gasteiger partial charge in [-0.25, -0.2) is 0 Å². The van der Waals surface area contributed by atoms with Crippen LogP contribution in [-0.2, 0) is 0 Å². The van der Waals surface area contributed by atoms with Crippen molar-refractivity contribution in [2.75, 3.05) is 13.1 Å². The van der Waals surface area contributed by atoms with Crippen LogP contribution in [0.4, 0.5) is 0 Å². The maximum atomic E-state index is 2.76. The Hall–Kier alpha value is -0.0400. The predicted molar refractivity (Wildman–Crippen MR) is 82.1 cm³/mol. The van der Waals surface area contributed by atoms with E-state index < -0.39 is 0 Å². The van der Waals surface area contributed by atoms with E-state index in [9.17, 15) is 0 Å². The van der Waals surface area contributed by atoms with E-state index in [0.717, 1.165) is 6.04 Å². The Morgan fingerprint density at radius 2 is 1.50 bits per heavy atom. The van der Waals surface area contributed by atoms with E-state index in [2.05, 4.69) is 18.7 Å². The zero-order valence-electron chi connectivity index (χ0n) is 12.9. The minimum absolute atomic E-state index is 0.906.